The van der Waals surface area contributed by atoms with Gasteiger partial charge in [0.25, 0.3) is 0 Å². The zero-order valence-corrected chi connectivity index (χ0v) is 21.3. The van der Waals surface area contributed by atoms with E-state index in [0.717, 1.165) is 12.8 Å². The van der Waals surface area contributed by atoms with Gasteiger partial charge in [0, 0.05) is 25.8 Å². The van der Waals surface area contributed by atoms with Crippen LogP contribution in [0.5, 0.6) is 0 Å². The Hall–Kier alpha value is 0.410. The van der Waals surface area contributed by atoms with Crippen molar-refractivity contribution in [3.63, 3.8) is 0 Å². The van der Waals surface area contributed by atoms with Gasteiger partial charge in [0.05, 0.1) is 0 Å². The molecule has 144 valence electrons. The number of hydrogen-bond acceptors (Lipinski definition) is 0. The zero-order chi connectivity index (χ0) is 15.9. The van der Waals surface area contributed by atoms with Gasteiger partial charge in [-0.1, -0.05) is 78.1 Å². The number of hydrogen-bond donors (Lipinski definition) is 0. The van der Waals surface area contributed by atoms with E-state index in [1.807, 2.05) is 0 Å². The molecule has 0 spiro atoms. The van der Waals surface area contributed by atoms with E-state index in [9.17, 15) is 0 Å². The Morgan fingerprint density at radius 1 is 0.680 bits per heavy atom. The summed E-state index contributed by atoms with van der Waals surface area (Å²) < 4.78 is 0. The van der Waals surface area contributed by atoms with Crippen molar-refractivity contribution in [3.8, 4) is 0 Å². The summed E-state index contributed by atoms with van der Waals surface area (Å²) in [7, 11) is 0. The normalized spacial score (nSPS) is 13.7. The molecule has 0 aromatic heterocycles. The van der Waals surface area contributed by atoms with Crippen LogP contribution < -0.4 is 0 Å². The SMILES string of the molecule is CCCCCCC1=[C-]CC=C1.CCCCCCC1=[C-]CC=C1.Cl.Cl.[Hf]. The molecule has 0 unspecified atom stereocenters. The van der Waals surface area contributed by atoms with Gasteiger partial charge in [-0.15, -0.1) is 37.7 Å². The van der Waals surface area contributed by atoms with Crippen molar-refractivity contribution in [1.29, 1.82) is 0 Å². The zero-order valence-electron chi connectivity index (χ0n) is 16.1. The predicted molar refractivity (Wildman–Crippen MR) is 113 cm³/mol. The van der Waals surface area contributed by atoms with Crippen LogP contribution in [-0.2, 0) is 25.8 Å². The first-order valence-corrected chi connectivity index (χ1v) is 9.39. The quantitative estimate of drug-likeness (QED) is 0.147. The van der Waals surface area contributed by atoms with E-state index in [1.54, 1.807) is 0 Å². The molecule has 0 heterocycles. The van der Waals surface area contributed by atoms with Crippen LogP contribution in [0.25, 0.3) is 0 Å². The summed E-state index contributed by atoms with van der Waals surface area (Å²) in [6, 6.07) is 0. The molecule has 25 heavy (non-hydrogen) atoms. The molecule has 0 bridgehead atoms. The van der Waals surface area contributed by atoms with Gasteiger partial charge in [-0.25, -0.2) is 23.3 Å². The Balaban J connectivity index is -0.000000346. The van der Waals surface area contributed by atoms with E-state index in [-0.39, 0.29) is 50.7 Å². The molecule has 0 radical (unpaired) electrons. The second-order valence-corrected chi connectivity index (χ2v) is 6.24. The summed E-state index contributed by atoms with van der Waals surface area (Å²) in [5, 5.41) is 0. The van der Waals surface area contributed by atoms with Crippen molar-refractivity contribution in [2.45, 2.75) is 90.9 Å². The minimum Gasteiger partial charge on any atom is -0.269 e. The van der Waals surface area contributed by atoms with Gasteiger partial charge in [0.15, 0.2) is 0 Å². The Morgan fingerprint density at radius 2 is 1.08 bits per heavy atom. The van der Waals surface area contributed by atoms with E-state index in [2.05, 4.69) is 50.3 Å². The molecule has 2 aliphatic carbocycles. The third-order valence-electron chi connectivity index (χ3n) is 4.13. The van der Waals surface area contributed by atoms with Gasteiger partial charge < -0.3 is 0 Å². The summed E-state index contributed by atoms with van der Waals surface area (Å²) in [5.41, 5.74) is 2.86. The number of allylic oxidation sites excluding steroid dienone is 8. The molecule has 0 nitrogen and oxygen atoms in total. The number of unbranched alkanes of at least 4 members (excludes halogenated alkanes) is 6. The average molecular weight is 550 g/mol. The van der Waals surface area contributed by atoms with Gasteiger partial charge in [-0.3, -0.25) is 12.2 Å². The molecule has 0 aromatic rings. The molecule has 0 fully saturated rings. The fraction of sp³-hybridized carbons (Fsp3) is 0.636. The Morgan fingerprint density at radius 3 is 1.36 bits per heavy atom. The van der Waals surface area contributed by atoms with Crippen LogP contribution in [0.4, 0.5) is 0 Å². The largest absolute Gasteiger partial charge is 0.269 e. The van der Waals surface area contributed by atoms with Crippen LogP contribution >= 0.6 is 24.8 Å². The van der Waals surface area contributed by atoms with Crippen LogP contribution in [-0.4, -0.2) is 0 Å². The van der Waals surface area contributed by atoms with Gasteiger partial charge in [0.1, 0.15) is 0 Å². The van der Waals surface area contributed by atoms with Crippen LogP contribution in [0.15, 0.2) is 35.5 Å². The Kier molecular flexibility index (Phi) is 27.1. The molecule has 0 aliphatic heterocycles. The van der Waals surface area contributed by atoms with Crippen molar-refractivity contribution in [2.24, 2.45) is 0 Å². The first-order chi connectivity index (χ1) is 10.9. The summed E-state index contributed by atoms with van der Waals surface area (Å²) in [6.07, 6.45) is 31.0. The molecule has 2 rings (SSSR count). The monoisotopic (exact) mass is 550 g/mol. The minimum atomic E-state index is 0. The maximum atomic E-state index is 3.34. The fourth-order valence-corrected chi connectivity index (χ4v) is 2.73. The van der Waals surface area contributed by atoms with Gasteiger partial charge >= 0.3 is 0 Å². The van der Waals surface area contributed by atoms with Crippen molar-refractivity contribution in [2.75, 3.05) is 0 Å². The van der Waals surface area contributed by atoms with Crippen LogP contribution in [0.2, 0.25) is 0 Å². The van der Waals surface area contributed by atoms with Crippen molar-refractivity contribution in [1.82, 2.24) is 0 Å². The molecule has 0 atom stereocenters. The molecular weight excluding hydrogens is 514 g/mol. The van der Waals surface area contributed by atoms with E-state index >= 15 is 0 Å². The topological polar surface area (TPSA) is 0 Å². The molecule has 0 saturated heterocycles. The molecule has 3 heteroatoms. The minimum absolute atomic E-state index is 0. The summed E-state index contributed by atoms with van der Waals surface area (Å²) in [6.45, 7) is 4.50. The van der Waals surface area contributed by atoms with Crippen LogP contribution in [0.1, 0.15) is 90.9 Å². The summed E-state index contributed by atoms with van der Waals surface area (Å²) >= 11 is 0. The second kappa shape index (κ2) is 22.5. The molecule has 0 aromatic carbocycles. The smallest absolute Gasteiger partial charge is 0 e. The first kappa shape index (κ1) is 30.1. The predicted octanol–water partition coefficient (Wildman–Crippen LogP) is 8.13. The molecule has 0 amide bonds. The second-order valence-electron chi connectivity index (χ2n) is 6.24. The van der Waals surface area contributed by atoms with Gasteiger partial charge in [0.2, 0.25) is 0 Å². The maximum absolute atomic E-state index is 3.34. The Labute approximate surface area is 188 Å². The van der Waals surface area contributed by atoms with E-state index in [4.69, 9.17) is 0 Å². The molecule has 0 saturated carbocycles. The average Bonchev–Trinajstić information content (AvgIpc) is 3.22. The van der Waals surface area contributed by atoms with Gasteiger partial charge in [-0.05, 0) is 0 Å². The van der Waals surface area contributed by atoms with Crippen molar-refractivity contribution < 1.29 is 25.8 Å². The van der Waals surface area contributed by atoms with Crippen LogP contribution in [0.3, 0.4) is 0 Å². The molecule has 2 aliphatic rings. The van der Waals surface area contributed by atoms with Gasteiger partial charge in [-0.2, -0.15) is 12.2 Å². The fourth-order valence-electron chi connectivity index (χ4n) is 2.73. The van der Waals surface area contributed by atoms with Crippen molar-refractivity contribution >= 4 is 24.8 Å². The van der Waals surface area contributed by atoms with Crippen molar-refractivity contribution in [3.05, 3.63) is 47.6 Å². The number of rotatable bonds is 10. The molecule has 0 N–H and O–H groups in total. The standard InChI is InChI=1S/2C11H17.2ClH.Hf/c2*1-2-3-4-5-8-11-9-6-7-10-11;;;/h2*6,9H,2-5,7-8H2,1H3;2*1H;/q2*-1;;;. The summed E-state index contributed by atoms with van der Waals surface area (Å²) in [5.74, 6) is 0. The summed E-state index contributed by atoms with van der Waals surface area (Å²) in [4.78, 5) is 0. The first-order valence-electron chi connectivity index (χ1n) is 9.39. The maximum Gasteiger partial charge on any atom is 0 e. The Bertz CT molecular complexity index is 357. The third-order valence-corrected chi connectivity index (χ3v) is 4.13. The third kappa shape index (κ3) is 17.6. The number of halogens is 2. The van der Waals surface area contributed by atoms with E-state index in [1.165, 1.54) is 75.4 Å². The van der Waals surface area contributed by atoms with E-state index < -0.39 is 0 Å². The molecular formula is C22H36Cl2Hf-2. The van der Waals surface area contributed by atoms with E-state index in [0.29, 0.717) is 0 Å². The van der Waals surface area contributed by atoms with Crippen LogP contribution in [0, 0.1) is 12.2 Å².